The van der Waals surface area contributed by atoms with E-state index in [-0.39, 0.29) is 19.1 Å². The van der Waals surface area contributed by atoms with Crippen LogP contribution >= 0.6 is 34.8 Å². The van der Waals surface area contributed by atoms with Crippen LogP contribution in [0.5, 0.6) is 0 Å². The number of hydrazine groups is 1. The molecule has 2 unspecified atom stereocenters. The Bertz CT molecular complexity index is 1310. The molecule has 2 aromatic rings. The predicted octanol–water partition coefficient (Wildman–Crippen LogP) is 5.03. The Kier molecular flexibility index (Phi) is 10.5. The molecule has 13 heteroatoms. The molecule has 43 heavy (non-hydrogen) atoms. The summed E-state index contributed by atoms with van der Waals surface area (Å²) in [6.45, 7) is 4.85. The van der Waals surface area contributed by atoms with Crippen LogP contribution in [0.3, 0.4) is 0 Å². The average Bonchev–Trinajstić information content (AvgIpc) is 3.26. The number of ether oxygens (including phenoxy) is 3. The number of benzene rings is 2. The maximum atomic E-state index is 13.6. The molecule has 1 heterocycles. The Balaban J connectivity index is 1.44. The van der Waals surface area contributed by atoms with Gasteiger partial charge in [0.25, 0.3) is 5.91 Å². The van der Waals surface area contributed by atoms with E-state index in [1.54, 1.807) is 20.8 Å². The van der Waals surface area contributed by atoms with Gasteiger partial charge in [0.1, 0.15) is 30.9 Å². The number of hydrogen-bond acceptors (Lipinski definition) is 8. The lowest BCUT2D eigenvalue weighted by atomic mass is 9.98. The van der Waals surface area contributed by atoms with Crippen molar-refractivity contribution in [2.24, 2.45) is 0 Å². The molecule has 232 valence electrons. The number of hydrogen-bond donors (Lipinski definition) is 2. The summed E-state index contributed by atoms with van der Waals surface area (Å²) >= 11 is 17.0. The molecule has 1 saturated heterocycles. The van der Waals surface area contributed by atoms with E-state index in [0.717, 1.165) is 22.3 Å². The first-order valence-corrected chi connectivity index (χ1v) is 15.0. The van der Waals surface area contributed by atoms with E-state index in [0.29, 0.717) is 12.8 Å². The van der Waals surface area contributed by atoms with Gasteiger partial charge in [0.15, 0.2) is 0 Å². The zero-order chi connectivity index (χ0) is 31.4. The Morgan fingerprint density at radius 1 is 0.977 bits per heavy atom. The molecule has 10 nitrogen and oxygen atoms in total. The number of carbonyl (C=O) groups excluding carboxylic acids is 4. The minimum Gasteiger partial charge on any atom is -0.460 e. The molecule has 1 fully saturated rings. The van der Waals surface area contributed by atoms with Crippen molar-refractivity contribution in [1.82, 2.24) is 15.8 Å². The first-order valence-electron chi connectivity index (χ1n) is 13.9. The van der Waals surface area contributed by atoms with Crippen LogP contribution in [0.25, 0.3) is 11.1 Å². The van der Waals surface area contributed by atoms with Gasteiger partial charge in [0.05, 0.1) is 6.42 Å². The van der Waals surface area contributed by atoms with E-state index in [4.69, 9.17) is 49.0 Å². The summed E-state index contributed by atoms with van der Waals surface area (Å²) < 4.78 is 14.3. The van der Waals surface area contributed by atoms with E-state index in [9.17, 15) is 19.2 Å². The fourth-order valence-electron chi connectivity index (χ4n) is 5.09. The van der Waals surface area contributed by atoms with Gasteiger partial charge in [-0.3, -0.25) is 19.4 Å². The third-order valence-electron chi connectivity index (χ3n) is 6.84. The molecule has 0 radical (unpaired) electrons. The normalized spacial score (nSPS) is 17.3. The molecular formula is C30H34Cl3N3O7. The molecule has 0 saturated carbocycles. The van der Waals surface area contributed by atoms with Crippen molar-refractivity contribution in [1.29, 1.82) is 0 Å². The fraction of sp³-hybridized carbons (Fsp3) is 0.467. The molecule has 1 aliphatic heterocycles. The summed E-state index contributed by atoms with van der Waals surface area (Å²) in [7, 11) is 0. The fourth-order valence-corrected chi connectivity index (χ4v) is 5.25. The molecule has 0 spiro atoms. The number of alkyl halides is 3. The van der Waals surface area contributed by atoms with Gasteiger partial charge in [-0.05, 0) is 55.9 Å². The minimum absolute atomic E-state index is 0.0201. The molecule has 2 N–H and O–H groups in total. The Labute approximate surface area is 265 Å². The van der Waals surface area contributed by atoms with E-state index in [1.165, 1.54) is 5.01 Å². The summed E-state index contributed by atoms with van der Waals surface area (Å²) in [5, 5.41) is 3.70. The number of fused-ring (bicyclic) bond motifs is 3. The maximum absolute atomic E-state index is 13.6. The first kappa shape index (κ1) is 32.9. The van der Waals surface area contributed by atoms with E-state index in [2.05, 4.69) is 10.7 Å². The second-order valence-electron chi connectivity index (χ2n) is 11.3. The van der Waals surface area contributed by atoms with Gasteiger partial charge in [-0.1, -0.05) is 83.3 Å². The SMILES string of the molecule is CC(C)(C)OC(=O)CC(NC(=O)OCC1c2ccccc2-c2ccccc21)C(=O)N1CCCC(C(=O)OCC(Cl)(Cl)Cl)N1. The summed E-state index contributed by atoms with van der Waals surface area (Å²) in [5.74, 6) is -2.25. The van der Waals surface area contributed by atoms with Crippen LogP contribution in [0.2, 0.25) is 0 Å². The number of halogens is 3. The lowest BCUT2D eigenvalue weighted by Crippen LogP contribution is -2.60. The molecule has 2 aromatic carbocycles. The van der Waals surface area contributed by atoms with E-state index >= 15 is 0 Å². The van der Waals surface area contributed by atoms with Crippen LogP contribution in [0.1, 0.15) is 57.1 Å². The number of nitrogens with one attached hydrogen (secondary N) is 2. The minimum atomic E-state index is -1.79. The quantitative estimate of drug-likeness (QED) is 0.231. The number of amides is 2. The third kappa shape index (κ3) is 8.98. The second-order valence-corrected chi connectivity index (χ2v) is 13.9. The van der Waals surface area contributed by atoms with Crippen molar-refractivity contribution in [3.63, 3.8) is 0 Å². The van der Waals surface area contributed by atoms with Gasteiger partial charge in [-0.25, -0.2) is 10.2 Å². The highest BCUT2D eigenvalue weighted by molar-refractivity contribution is 6.67. The molecule has 2 atom stereocenters. The molecule has 0 aromatic heterocycles. The van der Waals surface area contributed by atoms with E-state index in [1.807, 2.05) is 48.5 Å². The van der Waals surface area contributed by atoms with Crippen LogP contribution in [0.4, 0.5) is 4.79 Å². The van der Waals surface area contributed by atoms with Crippen molar-refractivity contribution >= 4 is 58.7 Å². The molecular weight excluding hydrogens is 621 g/mol. The topological polar surface area (TPSA) is 123 Å². The number of esters is 2. The molecule has 1 aliphatic carbocycles. The van der Waals surface area contributed by atoms with Crippen molar-refractivity contribution in [3.8, 4) is 11.1 Å². The van der Waals surface area contributed by atoms with E-state index < -0.39 is 58.4 Å². The van der Waals surface area contributed by atoms with Gasteiger partial charge in [-0.2, -0.15) is 0 Å². The van der Waals surface area contributed by atoms with Crippen LogP contribution < -0.4 is 10.7 Å². The monoisotopic (exact) mass is 653 g/mol. The van der Waals surface area contributed by atoms with Gasteiger partial charge in [0.2, 0.25) is 3.79 Å². The molecule has 4 rings (SSSR count). The summed E-state index contributed by atoms with van der Waals surface area (Å²) in [6, 6.07) is 13.6. The van der Waals surface area contributed by atoms with Crippen molar-refractivity contribution in [2.75, 3.05) is 19.8 Å². The zero-order valence-electron chi connectivity index (χ0n) is 24.0. The first-order chi connectivity index (χ1) is 20.2. The maximum Gasteiger partial charge on any atom is 0.407 e. The van der Waals surface area contributed by atoms with Crippen LogP contribution in [0, 0.1) is 0 Å². The highest BCUT2D eigenvalue weighted by atomic mass is 35.6. The predicted molar refractivity (Wildman–Crippen MR) is 162 cm³/mol. The lowest BCUT2D eigenvalue weighted by Gasteiger charge is -2.35. The average molecular weight is 655 g/mol. The number of alkyl carbamates (subject to hydrolysis) is 1. The van der Waals surface area contributed by atoms with Gasteiger partial charge in [0, 0.05) is 12.5 Å². The summed E-state index contributed by atoms with van der Waals surface area (Å²) in [5.41, 5.74) is 6.19. The van der Waals surface area contributed by atoms with Gasteiger partial charge >= 0.3 is 18.0 Å². The third-order valence-corrected chi connectivity index (χ3v) is 7.17. The van der Waals surface area contributed by atoms with Gasteiger partial charge in [-0.15, -0.1) is 0 Å². The lowest BCUT2D eigenvalue weighted by molar-refractivity contribution is -0.159. The van der Waals surface area contributed by atoms with Crippen LogP contribution in [-0.4, -0.2) is 70.2 Å². The number of rotatable bonds is 8. The van der Waals surface area contributed by atoms with Crippen LogP contribution in [-0.2, 0) is 28.6 Å². The highest BCUT2D eigenvalue weighted by Gasteiger charge is 2.36. The zero-order valence-corrected chi connectivity index (χ0v) is 26.3. The largest absolute Gasteiger partial charge is 0.460 e. The Morgan fingerprint density at radius 2 is 1.58 bits per heavy atom. The summed E-state index contributed by atoms with van der Waals surface area (Å²) in [4.78, 5) is 51.9. The molecule has 2 amide bonds. The van der Waals surface area contributed by atoms with Gasteiger partial charge < -0.3 is 19.5 Å². The number of nitrogens with zero attached hydrogens (tertiary/aromatic N) is 1. The van der Waals surface area contributed by atoms with Crippen molar-refractivity contribution in [2.45, 2.75) is 67.4 Å². The van der Waals surface area contributed by atoms with Crippen molar-refractivity contribution < 1.29 is 33.4 Å². The standard InChI is InChI=1S/C30H34Cl3N3O7/c1-29(2,3)43-25(37)15-24(26(38)36-14-8-13-23(35-36)27(39)42-17-30(31,32)33)34-28(40)41-16-22-20-11-6-4-9-18(20)19-10-5-7-12-21(19)22/h4-7,9-12,22-24,35H,8,13-17H2,1-3H3,(H,34,40). The smallest absolute Gasteiger partial charge is 0.407 e. The molecule has 2 aliphatic rings. The molecule has 0 bridgehead atoms. The van der Waals surface area contributed by atoms with Crippen molar-refractivity contribution in [3.05, 3.63) is 59.7 Å². The Hall–Kier alpha value is -3.05. The summed E-state index contributed by atoms with van der Waals surface area (Å²) in [6.07, 6.45) is -0.532. The van der Waals surface area contributed by atoms with Crippen LogP contribution in [0.15, 0.2) is 48.5 Å². The second kappa shape index (κ2) is 13.7. The number of carbonyl (C=O) groups is 4. The highest BCUT2D eigenvalue weighted by Crippen LogP contribution is 2.44. The Morgan fingerprint density at radius 3 is 2.16 bits per heavy atom.